The van der Waals surface area contributed by atoms with Crippen molar-refractivity contribution in [2.24, 2.45) is 0 Å². The highest BCUT2D eigenvalue weighted by Gasteiger charge is 2.24. The van der Waals surface area contributed by atoms with Crippen LogP contribution in [0.3, 0.4) is 0 Å². The topological polar surface area (TPSA) is 67.4 Å². The van der Waals surface area contributed by atoms with Gasteiger partial charge in [0.25, 0.3) is 0 Å². The summed E-state index contributed by atoms with van der Waals surface area (Å²) in [4.78, 5) is 21.8. The molecule has 1 unspecified atom stereocenters. The van der Waals surface area contributed by atoms with Crippen molar-refractivity contribution >= 4 is 6.03 Å². The van der Waals surface area contributed by atoms with Crippen molar-refractivity contribution < 1.29 is 9.53 Å². The van der Waals surface area contributed by atoms with Gasteiger partial charge in [0.1, 0.15) is 11.9 Å². The average molecular weight is 264 g/mol. The van der Waals surface area contributed by atoms with Crippen molar-refractivity contribution in [1.29, 1.82) is 0 Å². The van der Waals surface area contributed by atoms with Crippen LogP contribution in [0, 0.1) is 6.92 Å². The van der Waals surface area contributed by atoms with E-state index in [9.17, 15) is 4.79 Å². The van der Waals surface area contributed by atoms with Crippen molar-refractivity contribution in [2.45, 2.75) is 32.8 Å². The lowest BCUT2D eigenvalue weighted by molar-refractivity contribution is 0.0978. The van der Waals surface area contributed by atoms with Gasteiger partial charge in [0.05, 0.1) is 6.54 Å². The molecule has 0 radical (unpaired) electrons. The van der Waals surface area contributed by atoms with Crippen LogP contribution in [0.4, 0.5) is 4.79 Å². The third-order valence-electron chi connectivity index (χ3n) is 3.03. The molecule has 1 fully saturated rings. The number of hydrogen-bond acceptors (Lipinski definition) is 4. The van der Waals surface area contributed by atoms with Gasteiger partial charge in [-0.25, -0.2) is 9.78 Å². The van der Waals surface area contributed by atoms with Crippen molar-refractivity contribution in [2.75, 3.05) is 19.6 Å². The number of urea groups is 1. The van der Waals surface area contributed by atoms with Gasteiger partial charge in [-0.05, 0) is 26.7 Å². The predicted molar refractivity (Wildman–Crippen MR) is 71.1 cm³/mol. The number of likely N-dealkylation sites (tertiary alicyclic amines) is 1. The first-order valence-electron chi connectivity index (χ1n) is 6.68. The van der Waals surface area contributed by atoms with Gasteiger partial charge in [0.2, 0.25) is 5.88 Å². The third kappa shape index (κ3) is 3.81. The molecule has 1 aliphatic heterocycles. The van der Waals surface area contributed by atoms with Crippen LogP contribution < -0.4 is 10.1 Å². The maximum absolute atomic E-state index is 11.8. The third-order valence-corrected chi connectivity index (χ3v) is 3.03. The number of carbonyl (C=O) groups excluding carboxylic acids is 1. The highest BCUT2D eigenvalue weighted by Crippen LogP contribution is 2.16. The Morgan fingerprint density at radius 3 is 3.21 bits per heavy atom. The standard InChI is InChI=1S/C13H20N4O2/c1-3-14-13(18)17-8-4-5-11(9-17)19-12-6-7-15-10(2)16-12/h6-7,11H,3-5,8-9H2,1-2H3,(H,14,18). The van der Waals surface area contributed by atoms with Gasteiger partial charge in [0, 0.05) is 25.4 Å². The molecule has 1 N–H and O–H groups in total. The molecule has 0 aromatic carbocycles. The highest BCUT2D eigenvalue weighted by atomic mass is 16.5. The summed E-state index contributed by atoms with van der Waals surface area (Å²) in [6, 6.07) is 1.73. The summed E-state index contributed by atoms with van der Waals surface area (Å²) in [7, 11) is 0. The number of hydrogen-bond donors (Lipinski definition) is 1. The van der Waals surface area contributed by atoms with Crippen LogP contribution in [0.1, 0.15) is 25.6 Å². The molecular formula is C13H20N4O2. The normalized spacial score (nSPS) is 19.1. The van der Waals surface area contributed by atoms with Gasteiger partial charge in [-0.15, -0.1) is 0 Å². The summed E-state index contributed by atoms with van der Waals surface area (Å²) in [5.74, 6) is 1.27. The first-order chi connectivity index (χ1) is 9.19. The van der Waals surface area contributed by atoms with E-state index in [1.807, 2.05) is 13.8 Å². The maximum atomic E-state index is 11.8. The number of aromatic nitrogens is 2. The van der Waals surface area contributed by atoms with Crippen LogP contribution in [-0.4, -0.2) is 46.6 Å². The molecule has 1 atom stereocenters. The van der Waals surface area contributed by atoms with Crippen LogP contribution >= 0.6 is 0 Å². The Morgan fingerprint density at radius 2 is 2.47 bits per heavy atom. The Hall–Kier alpha value is -1.85. The zero-order chi connectivity index (χ0) is 13.7. The number of rotatable bonds is 3. The lowest BCUT2D eigenvalue weighted by Crippen LogP contribution is -2.48. The van der Waals surface area contributed by atoms with E-state index in [4.69, 9.17) is 4.74 Å². The zero-order valence-corrected chi connectivity index (χ0v) is 11.4. The minimum atomic E-state index is -0.0188. The number of nitrogens with one attached hydrogen (secondary N) is 1. The average Bonchev–Trinajstić information content (AvgIpc) is 2.39. The van der Waals surface area contributed by atoms with Crippen LogP contribution in [-0.2, 0) is 0 Å². The fourth-order valence-corrected chi connectivity index (χ4v) is 2.15. The first kappa shape index (κ1) is 13.6. The van der Waals surface area contributed by atoms with E-state index >= 15 is 0 Å². The monoisotopic (exact) mass is 264 g/mol. The number of nitrogens with zero attached hydrogens (tertiary/aromatic N) is 3. The number of carbonyl (C=O) groups is 1. The van der Waals surface area contributed by atoms with Crippen LogP contribution in [0.5, 0.6) is 5.88 Å². The van der Waals surface area contributed by atoms with Crippen molar-refractivity contribution in [3.8, 4) is 5.88 Å². The molecule has 0 saturated carbocycles. The van der Waals surface area contributed by atoms with Crippen LogP contribution in [0.25, 0.3) is 0 Å². The molecule has 2 heterocycles. The summed E-state index contributed by atoms with van der Waals surface area (Å²) in [6.45, 7) is 5.78. The van der Waals surface area contributed by atoms with Gasteiger partial charge < -0.3 is 15.0 Å². The minimum Gasteiger partial charge on any atom is -0.472 e. The lowest BCUT2D eigenvalue weighted by Gasteiger charge is -2.32. The Bertz CT molecular complexity index is 438. The van der Waals surface area contributed by atoms with Crippen molar-refractivity contribution in [3.63, 3.8) is 0 Å². The highest BCUT2D eigenvalue weighted by molar-refractivity contribution is 5.74. The fraction of sp³-hybridized carbons (Fsp3) is 0.615. The molecular weight excluding hydrogens is 244 g/mol. The van der Waals surface area contributed by atoms with Gasteiger partial charge >= 0.3 is 6.03 Å². The van der Waals surface area contributed by atoms with Gasteiger partial charge in [-0.1, -0.05) is 0 Å². The molecule has 0 spiro atoms. The number of ether oxygens (including phenoxy) is 1. The van der Waals surface area contributed by atoms with E-state index < -0.39 is 0 Å². The molecule has 0 aliphatic carbocycles. The molecule has 2 amide bonds. The van der Waals surface area contributed by atoms with Gasteiger partial charge in [-0.2, -0.15) is 4.98 Å². The van der Waals surface area contributed by atoms with E-state index in [0.29, 0.717) is 24.8 Å². The molecule has 19 heavy (non-hydrogen) atoms. The fourth-order valence-electron chi connectivity index (χ4n) is 2.15. The molecule has 6 nitrogen and oxygen atoms in total. The molecule has 0 bridgehead atoms. The first-order valence-corrected chi connectivity index (χ1v) is 6.68. The SMILES string of the molecule is CCNC(=O)N1CCCC(Oc2ccnc(C)n2)C1. The Balaban J connectivity index is 1.92. The Morgan fingerprint density at radius 1 is 1.63 bits per heavy atom. The van der Waals surface area contributed by atoms with E-state index in [-0.39, 0.29) is 12.1 Å². The van der Waals surface area contributed by atoms with Crippen LogP contribution in [0.2, 0.25) is 0 Å². The van der Waals surface area contributed by atoms with Crippen molar-refractivity contribution in [3.05, 3.63) is 18.1 Å². The van der Waals surface area contributed by atoms with E-state index in [0.717, 1.165) is 19.4 Å². The number of aryl methyl sites for hydroxylation is 1. The van der Waals surface area contributed by atoms with Gasteiger partial charge in [0.15, 0.2) is 0 Å². The maximum Gasteiger partial charge on any atom is 0.317 e. The Kier molecular flexibility index (Phi) is 4.54. The largest absolute Gasteiger partial charge is 0.472 e. The quantitative estimate of drug-likeness (QED) is 0.895. The molecule has 1 aromatic rings. The van der Waals surface area contributed by atoms with Crippen LogP contribution in [0.15, 0.2) is 12.3 Å². The summed E-state index contributed by atoms with van der Waals surface area (Å²) in [5, 5.41) is 2.81. The molecule has 1 aliphatic rings. The summed E-state index contributed by atoms with van der Waals surface area (Å²) in [5.41, 5.74) is 0. The second-order valence-corrected chi connectivity index (χ2v) is 4.61. The number of amides is 2. The Labute approximate surface area is 113 Å². The summed E-state index contributed by atoms with van der Waals surface area (Å²) in [6.07, 6.45) is 3.58. The van der Waals surface area contributed by atoms with E-state index in [1.54, 1.807) is 17.2 Å². The molecule has 1 saturated heterocycles. The molecule has 104 valence electrons. The predicted octanol–water partition coefficient (Wildman–Crippen LogP) is 1.36. The zero-order valence-electron chi connectivity index (χ0n) is 11.4. The number of piperidine rings is 1. The summed E-state index contributed by atoms with van der Waals surface area (Å²) >= 11 is 0. The smallest absolute Gasteiger partial charge is 0.317 e. The minimum absolute atomic E-state index is 0.00524. The van der Waals surface area contributed by atoms with E-state index in [1.165, 1.54) is 0 Å². The summed E-state index contributed by atoms with van der Waals surface area (Å²) < 4.78 is 5.82. The lowest BCUT2D eigenvalue weighted by atomic mass is 10.1. The van der Waals surface area contributed by atoms with E-state index in [2.05, 4.69) is 15.3 Å². The molecule has 2 rings (SSSR count). The molecule has 1 aromatic heterocycles. The second kappa shape index (κ2) is 6.36. The van der Waals surface area contributed by atoms with Gasteiger partial charge in [-0.3, -0.25) is 0 Å². The molecule has 6 heteroatoms. The second-order valence-electron chi connectivity index (χ2n) is 4.61. The van der Waals surface area contributed by atoms with Crippen molar-refractivity contribution in [1.82, 2.24) is 20.2 Å².